The summed E-state index contributed by atoms with van der Waals surface area (Å²) in [6, 6.07) is 0.205. The van der Waals surface area contributed by atoms with Crippen molar-refractivity contribution in [3.05, 3.63) is 0 Å². The molecule has 0 aromatic rings. The van der Waals surface area contributed by atoms with E-state index in [0.29, 0.717) is 11.0 Å². The van der Waals surface area contributed by atoms with Crippen LogP contribution in [0, 0.1) is 5.92 Å². The second-order valence-corrected chi connectivity index (χ2v) is 6.60. The molecule has 0 aromatic heterocycles. The van der Waals surface area contributed by atoms with E-state index in [1.807, 2.05) is 0 Å². The number of piperidine rings is 1. The summed E-state index contributed by atoms with van der Waals surface area (Å²) in [5.74, 6) is 0.987. The van der Waals surface area contributed by atoms with Crippen LogP contribution in [0.2, 0.25) is 0 Å². The van der Waals surface area contributed by atoms with Crippen molar-refractivity contribution in [1.29, 1.82) is 0 Å². The molecule has 1 saturated heterocycles. The molecule has 104 valence electrons. The molecule has 2 fully saturated rings. The molecule has 3 N–H and O–H groups in total. The predicted octanol–water partition coefficient (Wildman–Crippen LogP) is 0.749. The lowest BCUT2D eigenvalue weighted by atomic mass is 10.1. The summed E-state index contributed by atoms with van der Waals surface area (Å²) in [7, 11) is 0. The average Bonchev–Trinajstić information content (AvgIpc) is 2.85. The highest BCUT2D eigenvalue weighted by Gasteiger charge is 2.27. The van der Waals surface area contributed by atoms with Crippen LogP contribution in [-0.4, -0.2) is 47.8 Å². The summed E-state index contributed by atoms with van der Waals surface area (Å²) in [4.78, 5) is 11.9. The van der Waals surface area contributed by atoms with Gasteiger partial charge in [-0.15, -0.1) is 11.8 Å². The van der Waals surface area contributed by atoms with Gasteiger partial charge in [-0.25, -0.2) is 0 Å². The maximum Gasteiger partial charge on any atom is 0.230 e. The molecule has 0 aromatic carbocycles. The third kappa shape index (κ3) is 4.14. The molecule has 1 aliphatic heterocycles. The molecule has 18 heavy (non-hydrogen) atoms. The van der Waals surface area contributed by atoms with E-state index in [1.165, 1.54) is 12.8 Å². The third-order valence-corrected chi connectivity index (χ3v) is 5.35. The number of amides is 1. The first-order valence-corrected chi connectivity index (χ1v) is 8.07. The lowest BCUT2D eigenvalue weighted by Gasteiger charge is -2.23. The van der Waals surface area contributed by atoms with Crippen molar-refractivity contribution in [2.75, 3.05) is 25.4 Å². The average molecular weight is 272 g/mol. The molecule has 0 spiro atoms. The van der Waals surface area contributed by atoms with Gasteiger partial charge in [0.25, 0.3) is 0 Å². The van der Waals surface area contributed by atoms with Gasteiger partial charge < -0.3 is 15.7 Å². The molecule has 4 nitrogen and oxygen atoms in total. The second kappa shape index (κ2) is 7.36. The van der Waals surface area contributed by atoms with Crippen molar-refractivity contribution in [3.8, 4) is 0 Å². The predicted molar refractivity (Wildman–Crippen MR) is 74.7 cm³/mol. The fourth-order valence-electron chi connectivity index (χ4n) is 2.85. The molecule has 0 radical (unpaired) electrons. The van der Waals surface area contributed by atoms with E-state index in [1.54, 1.807) is 11.8 Å². The number of rotatable bonds is 5. The number of carbonyl (C=O) groups excluding carboxylic acids is 1. The van der Waals surface area contributed by atoms with Crippen LogP contribution in [0.1, 0.15) is 32.1 Å². The molecule has 2 atom stereocenters. The first-order valence-electron chi connectivity index (χ1n) is 7.02. The van der Waals surface area contributed by atoms with Gasteiger partial charge in [0.05, 0.1) is 5.75 Å². The molecule has 1 aliphatic carbocycles. The Morgan fingerprint density at radius 1 is 1.28 bits per heavy atom. The molecule has 2 unspecified atom stereocenters. The highest BCUT2D eigenvalue weighted by Crippen LogP contribution is 2.25. The minimum absolute atomic E-state index is 0.142. The highest BCUT2D eigenvalue weighted by molar-refractivity contribution is 8.00. The normalized spacial score (nSPS) is 29.4. The number of nitrogens with one attached hydrogen (secondary N) is 2. The lowest BCUT2D eigenvalue weighted by Crippen LogP contribution is -2.40. The first kappa shape index (κ1) is 14.2. The fraction of sp³-hybridized carbons (Fsp3) is 0.923. The molecule has 1 amide bonds. The van der Waals surface area contributed by atoms with Gasteiger partial charge in [0.15, 0.2) is 0 Å². The first-order chi connectivity index (χ1) is 8.79. The van der Waals surface area contributed by atoms with Crippen LogP contribution in [0.15, 0.2) is 0 Å². The Labute approximate surface area is 113 Å². The van der Waals surface area contributed by atoms with Gasteiger partial charge in [0.2, 0.25) is 5.91 Å². The summed E-state index contributed by atoms with van der Waals surface area (Å²) >= 11 is 1.78. The fourth-order valence-corrected chi connectivity index (χ4v) is 3.89. The van der Waals surface area contributed by atoms with E-state index < -0.39 is 0 Å². The third-order valence-electron chi connectivity index (χ3n) is 3.98. The maximum atomic E-state index is 11.9. The minimum Gasteiger partial charge on any atom is -0.396 e. The van der Waals surface area contributed by atoms with Crippen molar-refractivity contribution >= 4 is 17.7 Å². The van der Waals surface area contributed by atoms with Gasteiger partial charge in [-0.05, 0) is 38.8 Å². The summed E-state index contributed by atoms with van der Waals surface area (Å²) in [6.45, 7) is 2.36. The number of hydrogen-bond acceptors (Lipinski definition) is 4. The molecule has 5 heteroatoms. The summed E-state index contributed by atoms with van der Waals surface area (Å²) < 4.78 is 0. The van der Waals surface area contributed by atoms with Gasteiger partial charge in [-0.1, -0.05) is 6.42 Å². The number of hydrogen-bond donors (Lipinski definition) is 3. The van der Waals surface area contributed by atoms with Crippen LogP contribution in [0.25, 0.3) is 0 Å². The number of aliphatic hydroxyl groups is 1. The quantitative estimate of drug-likeness (QED) is 0.691. The van der Waals surface area contributed by atoms with E-state index in [9.17, 15) is 9.90 Å². The zero-order valence-electron chi connectivity index (χ0n) is 10.9. The van der Waals surface area contributed by atoms with Crippen LogP contribution < -0.4 is 10.6 Å². The van der Waals surface area contributed by atoms with Crippen molar-refractivity contribution in [1.82, 2.24) is 10.6 Å². The molecular formula is C13H24N2O2S. The molecular weight excluding hydrogens is 248 g/mol. The van der Waals surface area contributed by atoms with Crippen molar-refractivity contribution in [3.63, 3.8) is 0 Å². The summed E-state index contributed by atoms with van der Waals surface area (Å²) in [5, 5.41) is 16.3. The zero-order chi connectivity index (χ0) is 12.8. The number of carbonyl (C=O) groups is 1. The largest absolute Gasteiger partial charge is 0.396 e. The van der Waals surface area contributed by atoms with E-state index in [-0.39, 0.29) is 24.5 Å². The number of thioether (sulfide) groups is 1. The van der Waals surface area contributed by atoms with Gasteiger partial charge in [0.1, 0.15) is 0 Å². The van der Waals surface area contributed by atoms with Crippen molar-refractivity contribution in [2.24, 2.45) is 5.92 Å². The lowest BCUT2D eigenvalue weighted by molar-refractivity contribution is -0.119. The van der Waals surface area contributed by atoms with Crippen LogP contribution in [0.4, 0.5) is 0 Å². The van der Waals surface area contributed by atoms with E-state index in [4.69, 9.17) is 0 Å². The molecule has 2 rings (SSSR count). The number of aliphatic hydroxyl groups excluding tert-OH is 1. The van der Waals surface area contributed by atoms with Gasteiger partial charge in [-0.3, -0.25) is 4.79 Å². The zero-order valence-corrected chi connectivity index (χ0v) is 11.7. The Morgan fingerprint density at radius 2 is 2.06 bits per heavy atom. The maximum absolute atomic E-state index is 11.9. The topological polar surface area (TPSA) is 61.4 Å². The van der Waals surface area contributed by atoms with Gasteiger partial charge in [-0.2, -0.15) is 0 Å². The molecule has 1 heterocycles. The monoisotopic (exact) mass is 272 g/mol. The van der Waals surface area contributed by atoms with Gasteiger partial charge in [0, 0.05) is 23.8 Å². The Balaban J connectivity index is 1.65. The Hall–Kier alpha value is -0.260. The van der Waals surface area contributed by atoms with Crippen LogP contribution in [-0.2, 0) is 4.79 Å². The Bertz CT molecular complexity index is 270. The highest BCUT2D eigenvalue weighted by atomic mass is 32.2. The smallest absolute Gasteiger partial charge is 0.230 e. The molecule has 1 saturated carbocycles. The van der Waals surface area contributed by atoms with Crippen molar-refractivity contribution in [2.45, 2.75) is 43.4 Å². The van der Waals surface area contributed by atoms with E-state index in [0.717, 1.165) is 32.4 Å². The van der Waals surface area contributed by atoms with Gasteiger partial charge >= 0.3 is 0 Å². The van der Waals surface area contributed by atoms with E-state index in [2.05, 4.69) is 10.6 Å². The minimum atomic E-state index is 0.142. The Morgan fingerprint density at radius 3 is 2.78 bits per heavy atom. The second-order valence-electron chi connectivity index (χ2n) is 5.31. The summed E-state index contributed by atoms with van der Waals surface area (Å²) in [6.07, 6.45) is 5.52. The van der Waals surface area contributed by atoms with Crippen LogP contribution >= 0.6 is 11.8 Å². The Kier molecular flexibility index (Phi) is 5.79. The van der Waals surface area contributed by atoms with E-state index >= 15 is 0 Å². The van der Waals surface area contributed by atoms with Crippen LogP contribution in [0.3, 0.4) is 0 Å². The molecule has 0 bridgehead atoms. The summed E-state index contributed by atoms with van der Waals surface area (Å²) in [5.41, 5.74) is 0. The SMILES string of the molecule is O=C(CSC1CCNCC1)NC1CCCC1CO. The van der Waals surface area contributed by atoms with Crippen LogP contribution in [0.5, 0.6) is 0 Å². The van der Waals surface area contributed by atoms with Crippen molar-refractivity contribution < 1.29 is 9.90 Å². The standard InChI is InChI=1S/C13H24N2O2S/c16-8-10-2-1-3-12(10)15-13(17)9-18-11-4-6-14-7-5-11/h10-12,14,16H,1-9H2,(H,15,17). The molecule has 2 aliphatic rings.